The number of nitriles is 1. The Labute approximate surface area is 130 Å². The zero-order chi connectivity index (χ0) is 14.4. The average molecular weight is 356 g/mol. The summed E-state index contributed by atoms with van der Waals surface area (Å²) in [7, 11) is 0. The number of carbonyl (C=O) groups is 1. The first kappa shape index (κ1) is 15.1. The number of nitrogens with zero attached hydrogens (tertiary/aromatic N) is 5. The number of rotatable bonds is 4. The summed E-state index contributed by atoms with van der Waals surface area (Å²) in [6.45, 7) is 2.81. The molecule has 0 atom stereocenters. The van der Waals surface area contributed by atoms with Crippen molar-refractivity contribution in [2.75, 3.05) is 42.6 Å². The van der Waals surface area contributed by atoms with Crippen molar-refractivity contribution in [3.63, 3.8) is 0 Å². The molecule has 1 saturated heterocycles. The van der Waals surface area contributed by atoms with Crippen molar-refractivity contribution < 1.29 is 4.79 Å². The minimum atomic E-state index is 0.0987. The Morgan fingerprint density at radius 1 is 1.35 bits per heavy atom. The summed E-state index contributed by atoms with van der Waals surface area (Å²) >= 11 is 4.66. The molecular weight excluding hydrogens is 342 g/mol. The van der Waals surface area contributed by atoms with Crippen LogP contribution in [0.1, 0.15) is 0 Å². The molecule has 0 spiro atoms. The van der Waals surface area contributed by atoms with Crippen molar-refractivity contribution in [1.29, 1.82) is 5.26 Å². The highest BCUT2D eigenvalue weighted by atomic mass is 79.9. The number of thioether (sulfide) groups is 1. The van der Waals surface area contributed by atoms with Crippen LogP contribution in [0.4, 0.5) is 5.95 Å². The van der Waals surface area contributed by atoms with Crippen LogP contribution in [0.2, 0.25) is 0 Å². The highest BCUT2D eigenvalue weighted by Crippen LogP contribution is 2.14. The molecule has 0 aromatic carbocycles. The van der Waals surface area contributed by atoms with Crippen LogP contribution >= 0.6 is 27.7 Å². The van der Waals surface area contributed by atoms with E-state index in [9.17, 15) is 4.79 Å². The Balaban J connectivity index is 1.81. The first-order valence-corrected chi connectivity index (χ1v) is 8.10. The Hall–Kier alpha value is -1.33. The number of carbonyl (C=O) groups excluding carboxylic acids is 1. The lowest BCUT2D eigenvalue weighted by Crippen LogP contribution is -2.49. The molecule has 1 aromatic rings. The van der Waals surface area contributed by atoms with Gasteiger partial charge in [-0.05, 0) is 15.9 Å². The van der Waals surface area contributed by atoms with Gasteiger partial charge in [-0.2, -0.15) is 5.26 Å². The Morgan fingerprint density at radius 3 is 2.60 bits per heavy atom. The first-order chi connectivity index (χ1) is 9.70. The van der Waals surface area contributed by atoms with E-state index in [4.69, 9.17) is 5.26 Å². The molecule has 1 aliphatic heterocycles. The summed E-state index contributed by atoms with van der Waals surface area (Å²) in [5, 5.41) is 8.45. The Kier molecular flexibility index (Phi) is 5.61. The van der Waals surface area contributed by atoms with Gasteiger partial charge in [0.05, 0.1) is 22.0 Å². The summed E-state index contributed by atoms with van der Waals surface area (Å²) in [5.74, 6) is 1.53. The summed E-state index contributed by atoms with van der Waals surface area (Å²) in [6, 6.07) is 2.02. The lowest BCUT2D eigenvalue weighted by Gasteiger charge is -2.34. The molecule has 1 fully saturated rings. The van der Waals surface area contributed by atoms with Gasteiger partial charge in [0.2, 0.25) is 11.9 Å². The van der Waals surface area contributed by atoms with E-state index in [0.29, 0.717) is 30.5 Å². The monoisotopic (exact) mass is 355 g/mol. The molecule has 0 radical (unpaired) electrons. The number of halogens is 1. The summed E-state index contributed by atoms with van der Waals surface area (Å²) in [5.41, 5.74) is 0. The van der Waals surface area contributed by atoms with Gasteiger partial charge in [-0.15, -0.1) is 11.8 Å². The number of hydrogen-bond acceptors (Lipinski definition) is 6. The molecule has 2 heterocycles. The molecular formula is C12H14BrN5OS. The molecule has 1 amide bonds. The van der Waals surface area contributed by atoms with Crippen LogP contribution in [0.15, 0.2) is 16.9 Å². The van der Waals surface area contributed by atoms with Crippen molar-refractivity contribution in [2.45, 2.75) is 0 Å². The van der Waals surface area contributed by atoms with Gasteiger partial charge in [-0.25, -0.2) is 9.97 Å². The van der Waals surface area contributed by atoms with E-state index in [1.807, 2.05) is 11.0 Å². The second-order valence-electron chi connectivity index (χ2n) is 4.22. The van der Waals surface area contributed by atoms with Crippen LogP contribution < -0.4 is 4.90 Å². The molecule has 2 rings (SSSR count). The fourth-order valence-electron chi connectivity index (χ4n) is 1.90. The third kappa shape index (κ3) is 4.08. The zero-order valence-electron chi connectivity index (χ0n) is 10.8. The Morgan fingerprint density at radius 2 is 2.00 bits per heavy atom. The van der Waals surface area contributed by atoms with Crippen molar-refractivity contribution in [2.24, 2.45) is 0 Å². The standard InChI is InChI=1S/C12H14BrN5OS/c13-10-7-15-12(16-8-10)18-4-2-17(3-5-18)11(19)9-20-6-1-14/h7-8H,2-6,9H2. The average Bonchev–Trinajstić information content (AvgIpc) is 2.48. The van der Waals surface area contributed by atoms with E-state index >= 15 is 0 Å². The minimum Gasteiger partial charge on any atom is -0.338 e. The number of amides is 1. The van der Waals surface area contributed by atoms with Gasteiger partial charge in [0.25, 0.3) is 0 Å². The minimum absolute atomic E-state index is 0.0987. The van der Waals surface area contributed by atoms with Crippen molar-refractivity contribution >= 4 is 39.5 Å². The quantitative estimate of drug-likeness (QED) is 0.754. The fraction of sp³-hybridized carbons (Fsp3) is 0.500. The van der Waals surface area contributed by atoms with Gasteiger partial charge < -0.3 is 9.80 Å². The van der Waals surface area contributed by atoms with Gasteiger partial charge in [0.15, 0.2) is 0 Å². The number of aromatic nitrogens is 2. The molecule has 0 bridgehead atoms. The third-order valence-electron chi connectivity index (χ3n) is 2.91. The third-order valence-corrected chi connectivity index (χ3v) is 4.11. The molecule has 8 heteroatoms. The second kappa shape index (κ2) is 7.45. The van der Waals surface area contributed by atoms with Crippen LogP contribution in [-0.4, -0.2) is 58.5 Å². The summed E-state index contributed by atoms with van der Waals surface area (Å²) in [4.78, 5) is 24.3. The topological polar surface area (TPSA) is 73.1 Å². The van der Waals surface area contributed by atoms with Crippen molar-refractivity contribution in [1.82, 2.24) is 14.9 Å². The van der Waals surface area contributed by atoms with E-state index in [1.165, 1.54) is 11.8 Å². The van der Waals surface area contributed by atoms with E-state index in [-0.39, 0.29) is 5.91 Å². The van der Waals surface area contributed by atoms with E-state index < -0.39 is 0 Å². The summed E-state index contributed by atoms with van der Waals surface area (Å²) < 4.78 is 0.851. The largest absolute Gasteiger partial charge is 0.338 e. The number of piperazine rings is 1. The maximum Gasteiger partial charge on any atom is 0.232 e. The van der Waals surface area contributed by atoms with Gasteiger partial charge in [0.1, 0.15) is 0 Å². The molecule has 0 aliphatic carbocycles. The van der Waals surface area contributed by atoms with Gasteiger partial charge in [-0.1, -0.05) is 0 Å². The lowest BCUT2D eigenvalue weighted by atomic mass is 10.3. The smallest absolute Gasteiger partial charge is 0.232 e. The maximum absolute atomic E-state index is 11.9. The van der Waals surface area contributed by atoms with Crippen molar-refractivity contribution in [3.8, 4) is 6.07 Å². The molecule has 0 saturated carbocycles. The molecule has 0 unspecified atom stereocenters. The van der Waals surface area contributed by atoms with Crippen LogP contribution in [0.5, 0.6) is 0 Å². The number of hydrogen-bond donors (Lipinski definition) is 0. The highest BCUT2D eigenvalue weighted by Gasteiger charge is 2.22. The SMILES string of the molecule is N#CCSCC(=O)N1CCN(c2ncc(Br)cn2)CC1. The van der Waals surface area contributed by atoms with Gasteiger partial charge in [0, 0.05) is 38.6 Å². The predicted octanol–water partition coefficient (Wildman–Crippen LogP) is 1.14. The van der Waals surface area contributed by atoms with Crippen LogP contribution in [-0.2, 0) is 4.79 Å². The molecule has 6 nitrogen and oxygen atoms in total. The zero-order valence-corrected chi connectivity index (χ0v) is 13.2. The summed E-state index contributed by atoms with van der Waals surface area (Å²) in [6.07, 6.45) is 3.44. The van der Waals surface area contributed by atoms with Gasteiger partial charge in [-0.3, -0.25) is 4.79 Å². The number of anilines is 1. The maximum atomic E-state index is 11.9. The molecule has 106 valence electrons. The van der Waals surface area contributed by atoms with E-state index in [2.05, 4.69) is 30.8 Å². The second-order valence-corrected chi connectivity index (χ2v) is 6.12. The van der Waals surface area contributed by atoms with Crippen molar-refractivity contribution in [3.05, 3.63) is 16.9 Å². The normalized spacial score (nSPS) is 15.0. The first-order valence-electron chi connectivity index (χ1n) is 6.15. The van der Waals surface area contributed by atoms with Gasteiger partial charge >= 0.3 is 0 Å². The molecule has 1 aromatic heterocycles. The molecule has 20 heavy (non-hydrogen) atoms. The van der Waals surface area contributed by atoms with E-state index in [0.717, 1.165) is 17.6 Å². The fourth-order valence-corrected chi connectivity index (χ4v) is 2.66. The van der Waals surface area contributed by atoms with Crippen LogP contribution in [0, 0.1) is 11.3 Å². The predicted molar refractivity (Wildman–Crippen MR) is 81.5 cm³/mol. The highest BCUT2D eigenvalue weighted by molar-refractivity contribution is 9.10. The Bertz CT molecular complexity index is 496. The molecule has 1 aliphatic rings. The van der Waals surface area contributed by atoms with Crippen LogP contribution in [0.25, 0.3) is 0 Å². The lowest BCUT2D eigenvalue weighted by molar-refractivity contribution is -0.128. The van der Waals surface area contributed by atoms with E-state index in [1.54, 1.807) is 12.4 Å². The molecule has 0 N–H and O–H groups in total. The van der Waals surface area contributed by atoms with Crippen LogP contribution in [0.3, 0.4) is 0 Å².